The van der Waals surface area contributed by atoms with Gasteiger partial charge in [-0.25, -0.2) is 5.10 Å². The lowest BCUT2D eigenvalue weighted by atomic mass is 9.95. The Bertz CT molecular complexity index is 420. The van der Waals surface area contributed by atoms with Gasteiger partial charge in [0.2, 0.25) is 5.95 Å². The minimum absolute atomic E-state index is 0.539. The monoisotopic (exact) mass is 286 g/mol. The molecule has 6 heteroatoms. The van der Waals surface area contributed by atoms with Crippen molar-refractivity contribution in [3.05, 3.63) is 4.77 Å². The SMILES string of the molecule is CSCCN(C)c1n[nH]c(=S)n1C1CCCCC1. The Morgan fingerprint density at radius 2 is 2.17 bits per heavy atom. The summed E-state index contributed by atoms with van der Waals surface area (Å²) in [5.41, 5.74) is 0. The predicted octanol–water partition coefficient (Wildman–Crippen LogP) is 3.25. The third-order valence-corrected chi connectivity index (χ3v) is 4.48. The number of hydrogen-bond donors (Lipinski definition) is 1. The Morgan fingerprint density at radius 1 is 1.44 bits per heavy atom. The maximum Gasteiger partial charge on any atom is 0.225 e. The van der Waals surface area contributed by atoms with Gasteiger partial charge >= 0.3 is 0 Å². The van der Waals surface area contributed by atoms with E-state index in [1.807, 2.05) is 11.8 Å². The van der Waals surface area contributed by atoms with E-state index in [9.17, 15) is 0 Å². The van der Waals surface area contributed by atoms with Crippen LogP contribution >= 0.6 is 24.0 Å². The molecule has 1 aromatic rings. The van der Waals surface area contributed by atoms with Crippen LogP contribution in [0.25, 0.3) is 0 Å². The second-order valence-electron chi connectivity index (χ2n) is 4.90. The van der Waals surface area contributed by atoms with Crippen LogP contribution in [0.1, 0.15) is 38.1 Å². The molecule has 0 aromatic carbocycles. The van der Waals surface area contributed by atoms with Gasteiger partial charge in [0.05, 0.1) is 0 Å². The van der Waals surface area contributed by atoms with Gasteiger partial charge in [0.25, 0.3) is 0 Å². The van der Waals surface area contributed by atoms with Crippen LogP contribution in [0.2, 0.25) is 0 Å². The predicted molar refractivity (Wildman–Crippen MR) is 81.2 cm³/mol. The Labute approximate surface area is 118 Å². The highest BCUT2D eigenvalue weighted by Crippen LogP contribution is 2.31. The molecule has 1 aliphatic rings. The topological polar surface area (TPSA) is 36.9 Å². The number of rotatable bonds is 5. The normalized spacial score (nSPS) is 17.0. The van der Waals surface area contributed by atoms with Crippen molar-refractivity contribution in [3.8, 4) is 0 Å². The van der Waals surface area contributed by atoms with Gasteiger partial charge in [-0.1, -0.05) is 19.3 Å². The van der Waals surface area contributed by atoms with Crippen LogP contribution in [0.15, 0.2) is 0 Å². The molecule has 0 radical (unpaired) electrons. The summed E-state index contributed by atoms with van der Waals surface area (Å²) < 4.78 is 3.00. The number of hydrogen-bond acceptors (Lipinski definition) is 4. The molecular formula is C12H22N4S2. The van der Waals surface area contributed by atoms with Crippen LogP contribution in [0, 0.1) is 4.77 Å². The minimum atomic E-state index is 0.539. The largest absolute Gasteiger partial charge is 0.343 e. The first-order valence-corrected chi connectivity index (χ1v) is 8.41. The van der Waals surface area contributed by atoms with Gasteiger partial charge in [-0.05, 0) is 31.3 Å². The van der Waals surface area contributed by atoms with Crippen molar-refractivity contribution in [3.63, 3.8) is 0 Å². The molecule has 1 aromatic heterocycles. The first-order chi connectivity index (χ1) is 8.74. The van der Waals surface area contributed by atoms with Gasteiger partial charge in [-0.2, -0.15) is 11.8 Å². The smallest absolute Gasteiger partial charge is 0.225 e. The third kappa shape index (κ3) is 3.09. The summed E-state index contributed by atoms with van der Waals surface area (Å²) in [6.07, 6.45) is 8.58. The molecule has 0 bridgehead atoms. The van der Waals surface area contributed by atoms with Crippen molar-refractivity contribution in [2.75, 3.05) is 30.5 Å². The summed E-state index contributed by atoms with van der Waals surface area (Å²) in [6, 6.07) is 0.539. The minimum Gasteiger partial charge on any atom is -0.343 e. The quantitative estimate of drug-likeness (QED) is 0.843. The Balaban J connectivity index is 2.17. The summed E-state index contributed by atoms with van der Waals surface area (Å²) in [5, 5.41) is 7.37. The van der Waals surface area contributed by atoms with E-state index in [0.717, 1.165) is 23.0 Å². The molecule has 0 amide bonds. The van der Waals surface area contributed by atoms with E-state index in [1.165, 1.54) is 32.1 Å². The molecule has 2 rings (SSSR count). The number of nitrogens with zero attached hydrogens (tertiary/aromatic N) is 3. The zero-order valence-corrected chi connectivity index (χ0v) is 12.8. The molecular weight excluding hydrogens is 264 g/mol. The molecule has 18 heavy (non-hydrogen) atoms. The molecule has 1 N–H and O–H groups in total. The van der Waals surface area contributed by atoms with Gasteiger partial charge in [-0.3, -0.25) is 4.57 Å². The highest BCUT2D eigenvalue weighted by atomic mass is 32.2. The molecule has 0 unspecified atom stereocenters. The highest BCUT2D eigenvalue weighted by molar-refractivity contribution is 7.98. The molecule has 0 saturated heterocycles. The van der Waals surface area contributed by atoms with Crippen LogP contribution in [0.4, 0.5) is 5.95 Å². The fourth-order valence-electron chi connectivity index (χ4n) is 2.56. The second-order valence-corrected chi connectivity index (χ2v) is 6.28. The van der Waals surface area contributed by atoms with Crippen molar-refractivity contribution in [2.24, 2.45) is 0 Å². The van der Waals surface area contributed by atoms with Crippen LogP contribution in [0.3, 0.4) is 0 Å². The molecule has 102 valence electrons. The number of anilines is 1. The first kappa shape index (κ1) is 13.9. The molecule has 1 fully saturated rings. The van der Waals surface area contributed by atoms with Crippen LogP contribution in [-0.2, 0) is 0 Å². The maximum absolute atomic E-state index is 5.40. The van der Waals surface area contributed by atoms with Crippen LogP contribution in [-0.4, -0.2) is 40.4 Å². The standard InChI is InChI=1S/C12H22N4S2/c1-15(8-9-18-2)11-13-14-12(17)16(11)10-6-4-3-5-7-10/h10H,3-9H2,1-2H3,(H,14,17). The number of nitrogens with one attached hydrogen (secondary N) is 1. The van der Waals surface area contributed by atoms with Crippen LogP contribution < -0.4 is 4.90 Å². The Hall–Kier alpha value is -0.490. The third-order valence-electron chi connectivity index (χ3n) is 3.60. The summed E-state index contributed by atoms with van der Waals surface area (Å²) in [4.78, 5) is 2.21. The van der Waals surface area contributed by atoms with Gasteiger partial charge in [0.1, 0.15) is 0 Å². The Morgan fingerprint density at radius 3 is 2.83 bits per heavy atom. The lowest BCUT2D eigenvalue weighted by molar-refractivity contribution is 0.351. The molecule has 0 atom stereocenters. The molecule has 1 aliphatic carbocycles. The number of aromatic amines is 1. The summed E-state index contributed by atoms with van der Waals surface area (Å²) in [7, 11) is 2.10. The molecule has 1 saturated carbocycles. The number of H-pyrrole nitrogens is 1. The van der Waals surface area contributed by atoms with Gasteiger partial charge in [0, 0.05) is 25.4 Å². The fraction of sp³-hybridized carbons (Fsp3) is 0.833. The molecule has 0 aliphatic heterocycles. The zero-order valence-electron chi connectivity index (χ0n) is 11.2. The average Bonchev–Trinajstić information content (AvgIpc) is 2.79. The van der Waals surface area contributed by atoms with Crippen molar-refractivity contribution in [2.45, 2.75) is 38.1 Å². The van der Waals surface area contributed by atoms with Crippen molar-refractivity contribution < 1.29 is 0 Å². The highest BCUT2D eigenvalue weighted by Gasteiger charge is 2.21. The van der Waals surface area contributed by atoms with Crippen molar-refractivity contribution in [1.29, 1.82) is 0 Å². The zero-order chi connectivity index (χ0) is 13.0. The van der Waals surface area contributed by atoms with Crippen molar-refractivity contribution in [1.82, 2.24) is 14.8 Å². The van der Waals surface area contributed by atoms with Gasteiger partial charge in [-0.15, -0.1) is 5.10 Å². The number of thioether (sulfide) groups is 1. The van der Waals surface area contributed by atoms with E-state index in [4.69, 9.17) is 12.2 Å². The summed E-state index contributed by atoms with van der Waals surface area (Å²) in [6.45, 7) is 1.01. The van der Waals surface area contributed by atoms with E-state index in [0.29, 0.717) is 6.04 Å². The van der Waals surface area contributed by atoms with Gasteiger partial charge in [0.15, 0.2) is 4.77 Å². The van der Waals surface area contributed by atoms with Gasteiger partial charge < -0.3 is 4.90 Å². The lowest BCUT2D eigenvalue weighted by Crippen LogP contribution is -2.26. The molecule has 4 nitrogen and oxygen atoms in total. The van der Waals surface area contributed by atoms with E-state index in [1.54, 1.807) is 0 Å². The van der Waals surface area contributed by atoms with E-state index >= 15 is 0 Å². The maximum atomic E-state index is 5.40. The molecule has 1 heterocycles. The Kier molecular flexibility index (Phi) is 5.12. The summed E-state index contributed by atoms with van der Waals surface area (Å²) in [5.74, 6) is 2.11. The van der Waals surface area contributed by atoms with E-state index in [-0.39, 0.29) is 0 Å². The second kappa shape index (κ2) is 6.61. The van der Waals surface area contributed by atoms with Crippen LogP contribution in [0.5, 0.6) is 0 Å². The lowest BCUT2D eigenvalue weighted by Gasteiger charge is -2.27. The van der Waals surface area contributed by atoms with Crippen molar-refractivity contribution >= 4 is 29.9 Å². The first-order valence-electron chi connectivity index (χ1n) is 6.61. The van der Waals surface area contributed by atoms with E-state index < -0.39 is 0 Å². The average molecular weight is 286 g/mol. The fourth-order valence-corrected chi connectivity index (χ4v) is 3.30. The summed E-state index contributed by atoms with van der Waals surface area (Å²) >= 11 is 7.26. The number of aromatic nitrogens is 3. The van der Waals surface area contributed by atoms with E-state index in [2.05, 4.69) is 33.0 Å². The molecule has 0 spiro atoms.